The van der Waals surface area contributed by atoms with Gasteiger partial charge < -0.3 is 14.2 Å². The Morgan fingerprint density at radius 1 is 0.571 bits per heavy atom. The van der Waals surface area contributed by atoms with Gasteiger partial charge in [-0.15, -0.1) is 0 Å². The highest BCUT2D eigenvalue weighted by molar-refractivity contribution is 4.62. The van der Waals surface area contributed by atoms with Gasteiger partial charge in [-0.1, -0.05) is 59.3 Å². The molecule has 28 heavy (non-hydrogen) atoms. The van der Waals surface area contributed by atoms with Crippen LogP contribution in [0.1, 0.15) is 112 Å². The van der Waals surface area contributed by atoms with Crippen molar-refractivity contribution in [1.82, 2.24) is 0 Å². The summed E-state index contributed by atoms with van der Waals surface area (Å²) in [7, 11) is 0. The molecule has 0 aromatic rings. The highest BCUT2D eigenvalue weighted by Gasteiger charge is 2.34. The van der Waals surface area contributed by atoms with Crippen molar-refractivity contribution < 1.29 is 24.0 Å². The summed E-state index contributed by atoms with van der Waals surface area (Å²) in [6, 6.07) is 0. The average molecular weight is 405 g/mol. The van der Waals surface area contributed by atoms with Gasteiger partial charge in [-0.3, -0.25) is 0 Å². The second-order valence-corrected chi connectivity index (χ2v) is 7.77. The summed E-state index contributed by atoms with van der Waals surface area (Å²) in [4.78, 5) is 10.4. The first-order valence-corrected chi connectivity index (χ1v) is 11.8. The molecule has 5 heteroatoms. The van der Waals surface area contributed by atoms with Gasteiger partial charge >= 0.3 is 0 Å². The molecule has 5 nitrogen and oxygen atoms in total. The first-order chi connectivity index (χ1) is 13.6. The molecule has 0 fully saturated rings. The van der Waals surface area contributed by atoms with Crippen molar-refractivity contribution in [2.75, 3.05) is 26.4 Å². The topological polar surface area (TPSA) is 46.2 Å². The van der Waals surface area contributed by atoms with Crippen molar-refractivity contribution in [2.24, 2.45) is 0 Å². The van der Waals surface area contributed by atoms with Gasteiger partial charge in [-0.25, -0.2) is 9.78 Å². The molecule has 0 aromatic heterocycles. The third-order valence-corrected chi connectivity index (χ3v) is 4.39. The van der Waals surface area contributed by atoms with Crippen LogP contribution >= 0.6 is 0 Å². The summed E-state index contributed by atoms with van der Waals surface area (Å²) in [5, 5.41) is 0. The molecule has 0 heterocycles. The molecule has 1 atom stereocenters. The standard InChI is InChI=1S/C23H48O5/c1-6-9-15-20-26-27-21-16-13-11-12-14-17-23(24-18-8-3,28-22(4)5)25-19-10-7-2/h22H,6-21H2,1-5H3. The third-order valence-electron chi connectivity index (χ3n) is 4.39. The van der Waals surface area contributed by atoms with E-state index in [0.717, 1.165) is 57.8 Å². The van der Waals surface area contributed by atoms with E-state index >= 15 is 0 Å². The van der Waals surface area contributed by atoms with Crippen LogP contribution in [0.5, 0.6) is 0 Å². The van der Waals surface area contributed by atoms with Crippen LogP contribution < -0.4 is 0 Å². The van der Waals surface area contributed by atoms with Crippen molar-refractivity contribution >= 4 is 0 Å². The minimum Gasteiger partial charge on any atom is -0.327 e. The summed E-state index contributed by atoms with van der Waals surface area (Å²) < 4.78 is 18.3. The molecule has 1 unspecified atom stereocenters. The van der Waals surface area contributed by atoms with Gasteiger partial charge in [0.25, 0.3) is 5.97 Å². The van der Waals surface area contributed by atoms with Crippen molar-refractivity contribution in [3.05, 3.63) is 0 Å². The lowest BCUT2D eigenvalue weighted by molar-refractivity contribution is -0.393. The predicted octanol–water partition coefficient (Wildman–Crippen LogP) is 6.79. The quantitative estimate of drug-likeness (QED) is 0.0860. The molecule has 0 spiro atoms. The lowest BCUT2D eigenvalue weighted by Crippen LogP contribution is -2.42. The molecule has 0 N–H and O–H groups in total. The summed E-state index contributed by atoms with van der Waals surface area (Å²) in [5.41, 5.74) is 0. The predicted molar refractivity (Wildman–Crippen MR) is 115 cm³/mol. The largest absolute Gasteiger partial charge is 0.327 e. The fraction of sp³-hybridized carbons (Fsp3) is 1.00. The number of rotatable bonds is 22. The van der Waals surface area contributed by atoms with E-state index in [2.05, 4.69) is 20.8 Å². The molecule has 0 rings (SSSR count). The number of unbranched alkanes of at least 4 members (excludes halogenated alkanes) is 7. The smallest absolute Gasteiger partial charge is 0.283 e. The molecular weight excluding hydrogens is 356 g/mol. The molecule has 0 aliphatic heterocycles. The van der Waals surface area contributed by atoms with Crippen LogP contribution in [0.25, 0.3) is 0 Å². The van der Waals surface area contributed by atoms with E-state index in [1.807, 2.05) is 13.8 Å². The molecular formula is C23H48O5. The SMILES string of the molecule is CCCCCOOCCCCCCCC(OCCC)(OCCCC)OC(C)C. The van der Waals surface area contributed by atoms with E-state index in [4.69, 9.17) is 24.0 Å². The molecule has 0 amide bonds. The maximum Gasteiger partial charge on any atom is 0.283 e. The Hall–Kier alpha value is -0.200. The van der Waals surface area contributed by atoms with Gasteiger partial charge in [0.2, 0.25) is 0 Å². The van der Waals surface area contributed by atoms with Crippen LogP contribution in [0, 0.1) is 0 Å². The fourth-order valence-electron chi connectivity index (χ4n) is 2.86. The Bertz CT molecular complexity index is 311. The van der Waals surface area contributed by atoms with Gasteiger partial charge in [0.15, 0.2) is 0 Å². The van der Waals surface area contributed by atoms with Crippen molar-refractivity contribution in [3.8, 4) is 0 Å². The van der Waals surface area contributed by atoms with Gasteiger partial charge in [0.1, 0.15) is 0 Å². The summed E-state index contributed by atoms with van der Waals surface area (Å²) in [6.07, 6.45) is 13.0. The maximum atomic E-state index is 6.11. The Balaban J connectivity index is 4.01. The monoisotopic (exact) mass is 404 g/mol. The molecule has 0 saturated carbocycles. The van der Waals surface area contributed by atoms with E-state index in [1.165, 1.54) is 19.3 Å². The lowest BCUT2D eigenvalue weighted by Gasteiger charge is -2.35. The van der Waals surface area contributed by atoms with Crippen LogP contribution in [0.4, 0.5) is 0 Å². The Labute approximate surface area is 174 Å². The highest BCUT2D eigenvalue weighted by atomic mass is 17.2. The third kappa shape index (κ3) is 16.7. The van der Waals surface area contributed by atoms with E-state index in [1.54, 1.807) is 0 Å². The van der Waals surface area contributed by atoms with Gasteiger partial charge in [0.05, 0.1) is 32.5 Å². The second-order valence-electron chi connectivity index (χ2n) is 7.77. The Morgan fingerprint density at radius 2 is 1.14 bits per heavy atom. The molecule has 0 saturated heterocycles. The number of ether oxygens (including phenoxy) is 3. The highest BCUT2D eigenvalue weighted by Crippen LogP contribution is 2.26. The fourth-order valence-corrected chi connectivity index (χ4v) is 2.86. The molecule has 0 radical (unpaired) electrons. The van der Waals surface area contributed by atoms with Gasteiger partial charge in [-0.05, 0) is 46.0 Å². The van der Waals surface area contributed by atoms with Gasteiger partial charge in [-0.2, -0.15) is 0 Å². The van der Waals surface area contributed by atoms with Crippen molar-refractivity contribution in [1.29, 1.82) is 0 Å². The molecule has 0 aliphatic rings. The zero-order valence-corrected chi connectivity index (χ0v) is 19.4. The van der Waals surface area contributed by atoms with E-state index in [0.29, 0.717) is 26.4 Å². The van der Waals surface area contributed by atoms with Crippen molar-refractivity contribution in [2.45, 2.75) is 124 Å². The van der Waals surface area contributed by atoms with Crippen LogP contribution in [0.2, 0.25) is 0 Å². The minimum atomic E-state index is -0.880. The molecule has 170 valence electrons. The van der Waals surface area contributed by atoms with Gasteiger partial charge in [0, 0.05) is 6.42 Å². The second kappa shape index (κ2) is 20.1. The van der Waals surface area contributed by atoms with Crippen LogP contribution in [-0.2, 0) is 24.0 Å². The average Bonchev–Trinajstić information content (AvgIpc) is 2.67. The molecule has 0 aliphatic carbocycles. The Kier molecular flexibility index (Phi) is 19.9. The van der Waals surface area contributed by atoms with E-state index in [-0.39, 0.29) is 6.10 Å². The van der Waals surface area contributed by atoms with E-state index < -0.39 is 5.97 Å². The summed E-state index contributed by atoms with van der Waals surface area (Å²) in [6.45, 7) is 13.3. The number of hydrogen-bond donors (Lipinski definition) is 0. The normalized spacial score (nSPS) is 13.9. The maximum absolute atomic E-state index is 6.11. The van der Waals surface area contributed by atoms with Crippen LogP contribution in [0.3, 0.4) is 0 Å². The van der Waals surface area contributed by atoms with E-state index in [9.17, 15) is 0 Å². The zero-order chi connectivity index (χ0) is 20.9. The molecule has 0 aromatic carbocycles. The summed E-state index contributed by atoms with van der Waals surface area (Å²) >= 11 is 0. The number of hydrogen-bond acceptors (Lipinski definition) is 5. The molecule has 0 bridgehead atoms. The first-order valence-electron chi connectivity index (χ1n) is 11.8. The summed E-state index contributed by atoms with van der Waals surface area (Å²) in [5.74, 6) is -0.880. The first kappa shape index (κ1) is 27.8. The Morgan fingerprint density at radius 3 is 1.75 bits per heavy atom. The van der Waals surface area contributed by atoms with Crippen LogP contribution in [0.15, 0.2) is 0 Å². The lowest BCUT2D eigenvalue weighted by atomic mass is 10.1. The van der Waals surface area contributed by atoms with Crippen LogP contribution in [-0.4, -0.2) is 38.5 Å². The zero-order valence-electron chi connectivity index (χ0n) is 19.4. The minimum absolute atomic E-state index is 0.0768. The van der Waals surface area contributed by atoms with Crippen molar-refractivity contribution in [3.63, 3.8) is 0 Å².